The predicted octanol–water partition coefficient (Wildman–Crippen LogP) is 5.66. The summed E-state index contributed by atoms with van der Waals surface area (Å²) in [6.45, 7) is 6.42. The lowest BCUT2D eigenvalue weighted by atomic mass is 9.69. The number of amides is 1. The molecule has 3 aliphatic carbocycles. The van der Waals surface area contributed by atoms with Gasteiger partial charge in [-0.25, -0.2) is 4.79 Å². The van der Waals surface area contributed by atoms with E-state index in [1.54, 1.807) is 0 Å². The SMILES string of the molecule is CC(C)(C)OC(=O)N1C2CCC1CC(OCc1c(C3CC4(CC4)C3)noc1C1CC1)C2. The van der Waals surface area contributed by atoms with E-state index in [-0.39, 0.29) is 24.3 Å². The second kappa shape index (κ2) is 6.97. The molecule has 5 aliphatic rings. The van der Waals surface area contributed by atoms with Gasteiger partial charge in [0.2, 0.25) is 0 Å². The summed E-state index contributed by atoms with van der Waals surface area (Å²) in [5.41, 5.74) is 2.65. The molecule has 170 valence electrons. The third kappa shape index (κ3) is 3.79. The van der Waals surface area contributed by atoms with Crippen molar-refractivity contribution in [1.82, 2.24) is 10.1 Å². The van der Waals surface area contributed by atoms with Crippen LogP contribution < -0.4 is 0 Å². The van der Waals surface area contributed by atoms with Gasteiger partial charge in [-0.05, 0) is 90.4 Å². The molecule has 3 heterocycles. The second-order valence-electron chi connectivity index (χ2n) is 12.0. The van der Waals surface area contributed by atoms with Crippen LogP contribution in [0.2, 0.25) is 0 Å². The Balaban J connectivity index is 1.11. The van der Waals surface area contributed by atoms with Crippen LogP contribution in [0.15, 0.2) is 4.52 Å². The lowest BCUT2D eigenvalue weighted by Gasteiger charge is -2.39. The van der Waals surface area contributed by atoms with Gasteiger partial charge in [-0.15, -0.1) is 0 Å². The molecule has 6 nitrogen and oxygen atoms in total. The van der Waals surface area contributed by atoms with E-state index in [0.29, 0.717) is 23.9 Å². The van der Waals surface area contributed by atoms with Crippen molar-refractivity contribution in [2.75, 3.05) is 0 Å². The minimum absolute atomic E-state index is 0.158. The Hall–Kier alpha value is -1.56. The second-order valence-corrected chi connectivity index (χ2v) is 12.0. The van der Waals surface area contributed by atoms with E-state index in [0.717, 1.165) is 31.4 Å². The Morgan fingerprint density at radius 3 is 2.35 bits per heavy atom. The molecule has 0 radical (unpaired) electrons. The summed E-state index contributed by atoms with van der Waals surface area (Å²) in [5.74, 6) is 2.23. The van der Waals surface area contributed by atoms with Crippen LogP contribution in [0, 0.1) is 5.41 Å². The van der Waals surface area contributed by atoms with Gasteiger partial charge >= 0.3 is 6.09 Å². The smallest absolute Gasteiger partial charge is 0.410 e. The number of rotatable bonds is 5. The molecule has 5 fully saturated rings. The van der Waals surface area contributed by atoms with Crippen LogP contribution in [0.4, 0.5) is 4.79 Å². The first kappa shape index (κ1) is 20.1. The maximum atomic E-state index is 12.7. The fourth-order valence-corrected chi connectivity index (χ4v) is 6.31. The van der Waals surface area contributed by atoms with Gasteiger partial charge in [0.05, 0.1) is 18.4 Å². The zero-order chi connectivity index (χ0) is 21.4. The summed E-state index contributed by atoms with van der Waals surface area (Å²) < 4.78 is 18.0. The Morgan fingerprint density at radius 1 is 1.10 bits per heavy atom. The highest BCUT2D eigenvalue weighted by Gasteiger charge is 2.55. The van der Waals surface area contributed by atoms with Crippen LogP contribution in [-0.2, 0) is 16.1 Å². The molecule has 0 aromatic carbocycles. The van der Waals surface area contributed by atoms with Gasteiger partial charge in [0.1, 0.15) is 11.4 Å². The van der Waals surface area contributed by atoms with Gasteiger partial charge in [0.15, 0.2) is 0 Å². The topological polar surface area (TPSA) is 64.8 Å². The van der Waals surface area contributed by atoms with Crippen molar-refractivity contribution in [1.29, 1.82) is 0 Å². The Bertz CT molecular complexity index is 841. The maximum absolute atomic E-state index is 12.7. The van der Waals surface area contributed by atoms with E-state index in [1.807, 2.05) is 25.7 Å². The molecule has 2 saturated heterocycles. The monoisotopic (exact) mass is 428 g/mol. The minimum atomic E-state index is -0.450. The zero-order valence-electron chi connectivity index (χ0n) is 19.2. The van der Waals surface area contributed by atoms with Crippen LogP contribution in [0.1, 0.15) is 114 Å². The maximum Gasteiger partial charge on any atom is 0.410 e. The van der Waals surface area contributed by atoms with Crippen LogP contribution >= 0.6 is 0 Å². The summed E-state index contributed by atoms with van der Waals surface area (Å²) in [4.78, 5) is 14.7. The Labute approximate surface area is 185 Å². The van der Waals surface area contributed by atoms with Crippen LogP contribution in [-0.4, -0.2) is 39.9 Å². The molecule has 2 atom stereocenters. The number of aromatic nitrogens is 1. The van der Waals surface area contributed by atoms with E-state index in [1.165, 1.54) is 49.8 Å². The summed E-state index contributed by atoms with van der Waals surface area (Å²) in [7, 11) is 0. The first-order valence-electron chi connectivity index (χ1n) is 12.4. The van der Waals surface area contributed by atoms with E-state index in [9.17, 15) is 4.79 Å². The highest BCUT2D eigenvalue weighted by molar-refractivity contribution is 5.69. The summed E-state index contributed by atoms with van der Waals surface area (Å²) in [6.07, 6.45) is 11.8. The molecule has 1 aromatic heterocycles. The van der Waals surface area contributed by atoms with Crippen LogP contribution in [0.25, 0.3) is 0 Å². The van der Waals surface area contributed by atoms with Gasteiger partial charge < -0.3 is 18.9 Å². The Morgan fingerprint density at radius 2 is 1.77 bits per heavy atom. The highest BCUT2D eigenvalue weighted by Crippen LogP contribution is 2.66. The number of nitrogens with zero attached hydrogens (tertiary/aromatic N) is 2. The van der Waals surface area contributed by atoms with Gasteiger partial charge in [-0.2, -0.15) is 0 Å². The van der Waals surface area contributed by atoms with Crippen molar-refractivity contribution in [3.63, 3.8) is 0 Å². The van der Waals surface area contributed by atoms with Crippen molar-refractivity contribution in [2.24, 2.45) is 5.41 Å². The zero-order valence-corrected chi connectivity index (χ0v) is 19.2. The van der Waals surface area contributed by atoms with E-state index in [2.05, 4.69) is 5.16 Å². The molecule has 1 amide bonds. The van der Waals surface area contributed by atoms with Crippen molar-refractivity contribution < 1.29 is 18.8 Å². The third-order valence-corrected chi connectivity index (χ3v) is 8.26. The average molecular weight is 429 g/mol. The molecule has 6 rings (SSSR count). The fourth-order valence-electron chi connectivity index (χ4n) is 6.31. The molecule has 6 heteroatoms. The molecular formula is C25H36N2O4. The summed E-state index contributed by atoms with van der Waals surface area (Å²) in [6, 6.07) is 0.481. The number of carbonyl (C=O) groups excluding carboxylic acids is 1. The van der Waals surface area contributed by atoms with E-state index in [4.69, 9.17) is 14.0 Å². The quantitative estimate of drug-likeness (QED) is 0.606. The Kier molecular flexibility index (Phi) is 4.51. The number of piperidine rings is 1. The molecule has 31 heavy (non-hydrogen) atoms. The minimum Gasteiger partial charge on any atom is -0.444 e. The molecule has 0 N–H and O–H groups in total. The van der Waals surface area contributed by atoms with Crippen molar-refractivity contribution in [3.05, 3.63) is 17.0 Å². The normalized spacial score (nSPS) is 31.7. The third-order valence-electron chi connectivity index (χ3n) is 8.26. The summed E-state index contributed by atoms with van der Waals surface area (Å²) >= 11 is 0. The van der Waals surface area contributed by atoms with E-state index >= 15 is 0 Å². The number of fused-ring (bicyclic) bond motifs is 2. The fraction of sp³-hybridized carbons (Fsp3) is 0.840. The van der Waals surface area contributed by atoms with Gasteiger partial charge in [-0.3, -0.25) is 0 Å². The molecule has 2 unspecified atom stereocenters. The van der Waals surface area contributed by atoms with Gasteiger partial charge in [-0.1, -0.05) is 5.16 Å². The predicted molar refractivity (Wildman–Crippen MR) is 115 cm³/mol. The van der Waals surface area contributed by atoms with Gasteiger partial charge in [0, 0.05) is 29.5 Å². The van der Waals surface area contributed by atoms with Gasteiger partial charge in [0.25, 0.3) is 0 Å². The first-order valence-corrected chi connectivity index (χ1v) is 12.4. The van der Waals surface area contributed by atoms with E-state index < -0.39 is 5.60 Å². The number of hydrogen-bond acceptors (Lipinski definition) is 5. The molecule has 1 spiro atoms. The highest BCUT2D eigenvalue weighted by atomic mass is 16.6. The number of ether oxygens (including phenoxy) is 2. The molecule has 3 saturated carbocycles. The molecular weight excluding hydrogens is 392 g/mol. The number of carbonyl (C=O) groups is 1. The lowest BCUT2D eigenvalue weighted by Crippen LogP contribution is -2.50. The standard InChI is InChI=1S/C25H36N2O4/c1-24(2,3)30-23(28)27-17-6-7-18(27)11-19(10-17)29-14-20-21(16-12-25(13-16)8-9-25)26-31-22(20)15-4-5-15/h15-19H,4-14H2,1-3H3. The largest absolute Gasteiger partial charge is 0.444 e. The van der Waals surface area contributed by atoms with Crippen LogP contribution in [0.5, 0.6) is 0 Å². The first-order chi connectivity index (χ1) is 14.8. The molecule has 2 bridgehead atoms. The molecule has 1 aromatic rings. The van der Waals surface area contributed by atoms with Crippen molar-refractivity contribution in [2.45, 2.75) is 127 Å². The lowest BCUT2D eigenvalue weighted by molar-refractivity contribution is -0.0401. The van der Waals surface area contributed by atoms with Crippen molar-refractivity contribution >= 4 is 6.09 Å². The van der Waals surface area contributed by atoms with Crippen LogP contribution in [0.3, 0.4) is 0 Å². The molecule has 2 aliphatic heterocycles. The average Bonchev–Trinajstić information content (AvgIpc) is 3.58. The summed E-state index contributed by atoms with van der Waals surface area (Å²) in [5, 5.41) is 4.54. The van der Waals surface area contributed by atoms with Crippen molar-refractivity contribution in [3.8, 4) is 0 Å². The number of hydrogen-bond donors (Lipinski definition) is 0.